The Morgan fingerprint density at radius 3 is 2.67 bits per heavy atom. The van der Waals surface area contributed by atoms with Gasteiger partial charge < -0.3 is 10.1 Å². The third-order valence-electron chi connectivity index (χ3n) is 2.41. The standard InChI is InChI=1S/C11H14FNO.ClH/c12-10-3-1-9(2-4-10)8-14-11-5-6-13-7-11;/h1-4,11,13H,5-8H2;1H. The van der Waals surface area contributed by atoms with Crippen molar-refractivity contribution in [3.63, 3.8) is 0 Å². The summed E-state index contributed by atoms with van der Waals surface area (Å²) in [5.74, 6) is -0.198. The molecule has 15 heavy (non-hydrogen) atoms. The number of hydrogen-bond donors (Lipinski definition) is 1. The second kappa shape index (κ2) is 6.05. The third kappa shape index (κ3) is 3.78. The van der Waals surface area contributed by atoms with Crippen molar-refractivity contribution in [2.24, 2.45) is 0 Å². The molecule has 1 aromatic carbocycles. The molecule has 2 rings (SSSR count). The molecule has 0 aliphatic carbocycles. The molecule has 1 heterocycles. The highest BCUT2D eigenvalue weighted by atomic mass is 35.5. The van der Waals surface area contributed by atoms with Gasteiger partial charge in [0.05, 0.1) is 12.7 Å². The summed E-state index contributed by atoms with van der Waals surface area (Å²) in [5.41, 5.74) is 1.03. The summed E-state index contributed by atoms with van der Waals surface area (Å²) in [6, 6.07) is 6.45. The van der Waals surface area contributed by atoms with E-state index in [-0.39, 0.29) is 18.2 Å². The topological polar surface area (TPSA) is 21.3 Å². The van der Waals surface area contributed by atoms with Crippen LogP contribution in [0.25, 0.3) is 0 Å². The first kappa shape index (κ1) is 12.4. The highest BCUT2D eigenvalue weighted by molar-refractivity contribution is 5.85. The average molecular weight is 232 g/mol. The van der Waals surface area contributed by atoms with Gasteiger partial charge in [0, 0.05) is 6.54 Å². The van der Waals surface area contributed by atoms with Gasteiger partial charge in [0.2, 0.25) is 0 Å². The van der Waals surface area contributed by atoms with Crippen LogP contribution in [0.4, 0.5) is 4.39 Å². The molecule has 0 bridgehead atoms. The molecule has 1 saturated heterocycles. The van der Waals surface area contributed by atoms with Gasteiger partial charge in [-0.25, -0.2) is 4.39 Å². The zero-order chi connectivity index (χ0) is 9.80. The first-order chi connectivity index (χ1) is 6.84. The zero-order valence-electron chi connectivity index (χ0n) is 8.41. The minimum atomic E-state index is -0.198. The monoisotopic (exact) mass is 231 g/mol. The van der Waals surface area contributed by atoms with E-state index in [1.165, 1.54) is 12.1 Å². The van der Waals surface area contributed by atoms with Gasteiger partial charge in [-0.2, -0.15) is 0 Å². The molecule has 0 saturated carbocycles. The van der Waals surface area contributed by atoms with Gasteiger partial charge in [-0.15, -0.1) is 12.4 Å². The van der Waals surface area contributed by atoms with Crippen LogP contribution in [0.5, 0.6) is 0 Å². The Bertz CT molecular complexity index is 285. The number of rotatable bonds is 3. The van der Waals surface area contributed by atoms with E-state index in [9.17, 15) is 4.39 Å². The van der Waals surface area contributed by atoms with E-state index >= 15 is 0 Å². The molecule has 1 N–H and O–H groups in total. The molecule has 2 nitrogen and oxygen atoms in total. The first-order valence-electron chi connectivity index (χ1n) is 4.91. The van der Waals surface area contributed by atoms with Crippen molar-refractivity contribution in [2.45, 2.75) is 19.1 Å². The van der Waals surface area contributed by atoms with Crippen LogP contribution in [-0.2, 0) is 11.3 Å². The Morgan fingerprint density at radius 2 is 2.07 bits per heavy atom. The second-order valence-electron chi connectivity index (χ2n) is 3.55. The van der Waals surface area contributed by atoms with Gasteiger partial charge in [-0.1, -0.05) is 12.1 Å². The van der Waals surface area contributed by atoms with Crippen LogP contribution in [-0.4, -0.2) is 19.2 Å². The largest absolute Gasteiger partial charge is 0.372 e. The Morgan fingerprint density at radius 1 is 1.33 bits per heavy atom. The van der Waals surface area contributed by atoms with Gasteiger partial charge >= 0.3 is 0 Å². The van der Waals surface area contributed by atoms with Gasteiger partial charge in [-0.05, 0) is 30.7 Å². The predicted octanol–water partition coefficient (Wildman–Crippen LogP) is 2.13. The lowest BCUT2D eigenvalue weighted by Crippen LogP contribution is -2.16. The maximum atomic E-state index is 12.6. The van der Waals surface area contributed by atoms with Crippen LogP contribution < -0.4 is 5.32 Å². The lowest BCUT2D eigenvalue weighted by molar-refractivity contribution is 0.0542. The number of halogens is 2. The lowest BCUT2D eigenvalue weighted by Gasteiger charge is -2.09. The van der Waals surface area contributed by atoms with Gasteiger partial charge in [0.15, 0.2) is 0 Å². The van der Waals surface area contributed by atoms with E-state index in [0.29, 0.717) is 12.7 Å². The summed E-state index contributed by atoms with van der Waals surface area (Å²) >= 11 is 0. The highest BCUT2D eigenvalue weighted by Crippen LogP contribution is 2.09. The molecule has 0 aromatic heterocycles. The van der Waals surface area contributed by atoms with E-state index in [0.717, 1.165) is 25.1 Å². The predicted molar refractivity (Wildman–Crippen MR) is 59.7 cm³/mol. The molecule has 0 radical (unpaired) electrons. The van der Waals surface area contributed by atoms with Crippen LogP contribution in [0, 0.1) is 5.82 Å². The van der Waals surface area contributed by atoms with Crippen LogP contribution >= 0.6 is 12.4 Å². The van der Waals surface area contributed by atoms with E-state index in [2.05, 4.69) is 5.32 Å². The van der Waals surface area contributed by atoms with Crippen LogP contribution in [0.2, 0.25) is 0 Å². The summed E-state index contributed by atoms with van der Waals surface area (Å²) in [6.45, 7) is 2.54. The number of ether oxygens (including phenoxy) is 1. The number of nitrogens with one attached hydrogen (secondary N) is 1. The smallest absolute Gasteiger partial charge is 0.123 e. The fourth-order valence-corrected chi connectivity index (χ4v) is 1.57. The van der Waals surface area contributed by atoms with Crippen molar-refractivity contribution in [2.75, 3.05) is 13.1 Å². The molecule has 0 spiro atoms. The second-order valence-corrected chi connectivity index (χ2v) is 3.55. The minimum Gasteiger partial charge on any atom is -0.372 e. The van der Waals surface area contributed by atoms with Gasteiger partial charge in [0.25, 0.3) is 0 Å². The Kier molecular flexibility index (Phi) is 5.02. The normalized spacial score (nSPS) is 19.9. The average Bonchev–Trinajstić information content (AvgIpc) is 2.70. The fourth-order valence-electron chi connectivity index (χ4n) is 1.57. The van der Waals surface area contributed by atoms with E-state index in [1.807, 2.05) is 0 Å². The zero-order valence-corrected chi connectivity index (χ0v) is 9.23. The molecule has 1 fully saturated rings. The van der Waals surface area contributed by atoms with Gasteiger partial charge in [0.1, 0.15) is 5.82 Å². The van der Waals surface area contributed by atoms with Crippen LogP contribution in [0.3, 0.4) is 0 Å². The van der Waals surface area contributed by atoms with Crippen LogP contribution in [0.1, 0.15) is 12.0 Å². The Hall–Kier alpha value is -0.640. The quantitative estimate of drug-likeness (QED) is 0.861. The molecule has 1 unspecified atom stereocenters. The molecular weight excluding hydrogens is 217 g/mol. The summed E-state index contributed by atoms with van der Waals surface area (Å²) in [4.78, 5) is 0. The maximum Gasteiger partial charge on any atom is 0.123 e. The number of hydrogen-bond acceptors (Lipinski definition) is 2. The van der Waals surface area contributed by atoms with E-state index in [4.69, 9.17) is 4.74 Å². The van der Waals surface area contributed by atoms with Crippen molar-refractivity contribution < 1.29 is 9.13 Å². The van der Waals surface area contributed by atoms with Crippen molar-refractivity contribution >= 4 is 12.4 Å². The minimum absolute atomic E-state index is 0. The molecule has 4 heteroatoms. The maximum absolute atomic E-state index is 12.6. The van der Waals surface area contributed by atoms with Crippen molar-refractivity contribution in [3.8, 4) is 0 Å². The molecule has 1 aromatic rings. The van der Waals surface area contributed by atoms with Crippen molar-refractivity contribution in [1.29, 1.82) is 0 Å². The molecule has 1 aliphatic heterocycles. The SMILES string of the molecule is Cl.Fc1ccc(COC2CCNC2)cc1. The van der Waals surface area contributed by atoms with Crippen molar-refractivity contribution in [1.82, 2.24) is 5.32 Å². The highest BCUT2D eigenvalue weighted by Gasteiger charge is 2.14. The fraction of sp³-hybridized carbons (Fsp3) is 0.455. The van der Waals surface area contributed by atoms with Crippen molar-refractivity contribution in [3.05, 3.63) is 35.6 Å². The molecule has 1 atom stereocenters. The third-order valence-corrected chi connectivity index (χ3v) is 2.41. The lowest BCUT2D eigenvalue weighted by atomic mass is 10.2. The Labute approximate surface area is 95.2 Å². The Balaban J connectivity index is 0.00000112. The van der Waals surface area contributed by atoms with Gasteiger partial charge in [-0.3, -0.25) is 0 Å². The van der Waals surface area contributed by atoms with E-state index in [1.54, 1.807) is 12.1 Å². The summed E-state index contributed by atoms with van der Waals surface area (Å²) in [7, 11) is 0. The number of benzene rings is 1. The molecule has 0 amide bonds. The summed E-state index contributed by atoms with van der Waals surface area (Å²) in [6.07, 6.45) is 1.39. The summed E-state index contributed by atoms with van der Waals surface area (Å²) < 4.78 is 18.2. The molecular formula is C11H15ClFNO. The molecule has 84 valence electrons. The summed E-state index contributed by atoms with van der Waals surface area (Å²) in [5, 5.41) is 3.23. The van der Waals surface area contributed by atoms with E-state index < -0.39 is 0 Å². The first-order valence-corrected chi connectivity index (χ1v) is 4.91. The van der Waals surface area contributed by atoms with Crippen LogP contribution in [0.15, 0.2) is 24.3 Å². The molecule has 1 aliphatic rings.